The van der Waals surface area contributed by atoms with Gasteiger partial charge in [0.25, 0.3) is 0 Å². The lowest BCUT2D eigenvalue weighted by molar-refractivity contribution is 0.0696. The zero-order valence-corrected chi connectivity index (χ0v) is 13.0. The lowest BCUT2D eigenvalue weighted by Gasteiger charge is -2.21. The van der Waals surface area contributed by atoms with Crippen molar-refractivity contribution in [3.8, 4) is 0 Å². The maximum atomic E-state index is 11.0. The van der Waals surface area contributed by atoms with Crippen molar-refractivity contribution in [2.45, 2.75) is 13.5 Å². The SMILES string of the molecule is Cc1cc(N(C)Cc2ccccc2Br)ccc1C(=O)O. The Hall–Kier alpha value is -1.81. The highest BCUT2D eigenvalue weighted by Crippen LogP contribution is 2.23. The number of carbonyl (C=O) groups is 1. The van der Waals surface area contributed by atoms with Crippen LogP contribution in [0.2, 0.25) is 0 Å². The van der Waals surface area contributed by atoms with Gasteiger partial charge in [-0.05, 0) is 42.3 Å². The molecule has 0 aliphatic carbocycles. The summed E-state index contributed by atoms with van der Waals surface area (Å²) >= 11 is 3.54. The molecule has 2 rings (SSSR count). The van der Waals surface area contributed by atoms with Gasteiger partial charge >= 0.3 is 5.97 Å². The molecule has 0 aliphatic heterocycles. The molecule has 0 aliphatic rings. The van der Waals surface area contributed by atoms with Crippen molar-refractivity contribution in [1.82, 2.24) is 0 Å². The normalized spacial score (nSPS) is 10.3. The molecular formula is C16H16BrNO2. The number of benzene rings is 2. The van der Waals surface area contributed by atoms with Gasteiger partial charge < -0.3 is 10.0 Å². The molecule has 0 atom stereocenters. The first kappa shape index (κ1) is 14.6. The standard InChI is InChI=1S/C16H16BrNO2/c1-11-9-13(7-8-14(11)16(19)20)18(2)10-12-5-3-4-6-15(12)17/h3-9H,10H2,1-2H3,(H,19,20). The Morgan fingerprint density at radius 1 is 1.25 bits per heavy atom. The van der Waals surface area contributed by atoms with E-state index in [0.717, 1.165) is 22.3 Å². The van der Waals surface area contributed by atoms with Gasteiger partial charge in [-0.1, -0.05) is 34.1 Å². The highest BCUT2D eigenvalue weighted by Gasteiger charge is 2.10. The van der Waals surface area contributed by atoms with E-state index >= 15 is 0 Å². The molecule has 0 radical (unpaired) electrons. The smallest absolute Gasteiger partial charge is 0.335 e. The fourth-order valence-corrected chi connectivity index (χ4v) is 2.51. The number of anilines is 1. The second-order valence-corrected chi connectivity index (χ2v) is 5.61. The summed E-state index contributed by atoms with van der Waals surface area (Å²) in [6, 6.07) is 13.5. The molecule has 2 aromatic carbocycles. The molecule has 0 spiro atoms. The van der Waals surface area contributed by atoms with E-state index in [0.29, 0.717) is 5.56 Å². The van der Waals surface area contributed by atoms with Crippen LogP contribution in [0.15, 0.2) is 46.9 Å². The number of hydrogen-bond acceptors (Lipinski definition) is 2. The third-order valence-corrected chi connectivity index (χ3v) is 4.02. The van der Waals surface area contributed by atoms with Crippen LogP contribution in [0.1, 0.15) is 21.5 Å². The summed E-state index contributed by atoms with van der Waals surface area (Å²) < 4.78 is 1.07. The Kier molecular flexibility index (Phi) is 4.45. The summed E-state index contributed by atoms with van der Waals surface area (Å²) in [7, 11) is 1.99. The number of aromatic carboxylic acids is 1. The summed E-state index contributed by atoms with van der Waals surface area (Å²) in [5, 5.41) is 9.05. The first-order chi connectivity index (χ1) is 9.49. The van der Waals surface area contributed by atoms with Gasteiger partial charge in [-0.3, -0.25) is 0 Å². The molecule has 3 nitrogen and oxygen atoms in total. The second kappa shape index (κ2) is 6.09. The number of halogens is 1. The molecule has 0 unspecified atom stereocenters. The molecule has 0 saturated carbocycles. The van der Waals surface area contributed by atoms with E-state index in [-0.39, 0.29) is 0 Å². The number of carboxylic acid groups (broad SMARTS) is 1. The van der Waals surface area contributed by atoms with Crippen molar-refractivity contribution in [1.29, 1.82) is 0 Å². The first-order valence-corrected chi connectivity index (χ1v) is 7.07. The third-order valence-electron chi connectivity index (χ3n) is 3.25. The largest absolute Gasteiger partial charge is 0.478 e. The Balaban J connectivity index is 2.22. The summed E-state index contributed by atoms with van der Waals surface area (Å²) in [4.78, 5) is 13.1. The van der Waals surface area contributed by atoms with E-state index in [1.165, 1.54) is 5.56 Å². The van der Waals surface area contributed by atoms with E-state index in [4.69, 9.17) is 5.11 Å². The molecule has 4 heteroatoms. The molecule has 0 bridgehead atoms. The van der Waals surface area contributed by atoms with E-state index in [1.807, 2.05) is 44.3 Å². The van der Waals surface area contributed by atoms with Gasteiger partial charge in [0, 0.05) is 23.8 Å². The van der Waals surface area contributed by atoms with Gasteiger partial charge in [0.15, 0.2) is 0 Å². The Bertz CT molecular complexity index is 640. The molecule has 0 amide bonds. The van der Waals surface area contributed by atoms with E-state index in [1.54, 1.807) is 6.07 Å². The minimum atomic E-state index is -0.887. The summed E-state index contributed by atoms with van der Waals surface area (Å²) in [5.74, 6) is -0.887. The quantitative estimate of drug-likeness (QED) is 0.915. The van der Waals surface area contributed by atoms with Crippen LogP contribution in [-0.4, -0.2) is 18.1 Å². The Morgan fingerprint density at radius 3 is 2.55 bits per heavy atom. The van der Waals surface area contributed by atoms with Crippen LogP contribution >= 0.6 is 15.9 Å². The van der Waals surface area contributed by atoms with Crippen molar-refractivity contribution in [3.05, 3.63) is 63.6 Å². The van der Waals surface area contributed by atoms with Crippen molar-refractivity contribution in [2.75, 3.05) is 11.9 Å². The second-order valence-electron chi connectivity index (χ2n) is 4.75. The van der Waals surface area contributed by atoms with Crippen molar-refractivity contribution in [2.24, 2.45) is 0 Å². The summed E-state index contributed by atoms with van der Waals surface area (Å²) in [5.41, 5.74) is 3.32. The zero-order chi connectivity index (χ0) is 14.7. The average molecular weight is 334 g/mol. The fourth-order valence-electron chi connectivity index (χ4n) is 2.10. The van der Waals surface area contributed by atoms with Crippen LogP contribution in [0.5, 0.6) is 0 Å². The van der Waals surface area contributed by atoms with E-state index in [2.05, 4.69) is 26.9 Å². The minimum Gasteiger partial charge on any atom is -0.478 e. The lowest BCUT2D eigenvalue weighted by Crippen LogP contribution is -2.17. The van der Waals surface area contributed by atoms with Gasteiger partial charge in [0.2, 0.25) is 0 Å². The summed E-state index contributed by atoms with van der Waals surface area (Å²) in [6.45, 7) is 2.58. The predicted octanol–water partition coefficient (Wildman–Crippen LogP) is 4.09. The molecular weight excluding hydrogens is 318 g/mol. The topological polar surface area (TPSA) is 40.5 Å². The first-order valence-electron chi connectivity index (χ1n) is 6.27. The van der Waals surface area contributed by atoms with Crippen LogP contribution in [-0.2, 0) is 6.54 Å². The molecule has 0 fully saturated rings. The minimum absolute atomic E-state index is 0.350. The monoisotopic (exact) mass is 333 g/mol. The number of carboxylic acids is 1. The molecule has 104 valence electrons. The fraction of sp³-hybridized carbons (Fsp3) is 0.188. The van der Waals surface area contributed by atoms with Gasteiger partial charge in [-0.25, -0.2) is 4.79 Å². The van der Waals surface area contributed by atoms with Gasteiger partial charge in [0.1, 0.15) is 0 Å². The maximum Gasteiger partial charge on any atom is 0.335 e. The lowest BCUT2D eigenvalue weighted by atomic mass is 10.1. The molecule has 0 aromatic heterocycles. The third kappa shape index (κ3) is 3.20. The molecule has 2 aromatic rings. The van der Waals surface area contributed by atoms with Gasteiger partial charge in [0.05, 0.1) is 5.56 Å². The van der Waals surface area contributed by atoms with E-state index < -0.39 is 5.97 Å². The van der Waals surface area contributed by atoms with Gasteiger partial charge in [-0.2, -0.15) is 0 Å². The summed E-state index contributed by atoms with van der Waals surface area (Å²) in [6.07, 6.45) is 0. The van der Waals surface area contributed by atoms with Crippen LogP contribution in [0.3, 0.4) is 0 Å². The molecule has 1 N–H and O–H groups in total. The number of rotatable bonds is 4. The number of hydrogen-bond donors (Lipinski definition) is 1. The van der Waals surface area contributed by atoms with Crippen LogP contribution < -0.4 is 4.90 Å². The maximum absolute atomic E-state index is 11.0. The number of aryl methyl sites for hydroxylation is 1. The Morgan fingerprint density at radius 2 is 1.95 bits per heavy atom. The Labute approximate surface area is 127 Å². The van der Waals surface area contributed by atoms with Crippen molar-refractivity contribution >= 4 is 27.6 Å². The van der Waals surface area contributed by atoms with Gasteiger partial charge in [-0.15, -0.1) is 0 Å². The molecule has 0 saturated heterocycles. The predicted molar refractivity (Wildman–Crippen MR) is 84.4 cm³/mol. The highest BCUT2D eigenvalue weighted by atomic mass is 79.9. The highest BCUT2D eigenvalue weighted by molar-refractivity contribution is 9.10. The average Bonchev–Trinajstić information content (AvgIpc) is 2.40. The van der Waals surface area contributed by atoms with Crippen LogP contribution in [0.25, 0.3) is 0 Å². The zero-order valence-electron chi connectivity index (χ0n) is 11.4. The molecule has 0 heterocycles. The van der Waals surface area contributed by atoms with E-state index in [9.17, 15) is 4.79 Å². The van der Waals surface area contributed by atoms with Crippen molar-refractivity contribution < 1.29 is 9.90 Å². The number of nitrogens with zero attached hydrogens (tertiary/aromatic N) is 1. The molecule has 20 heavy (non-hydrogen) atoms. The van der Waals surface area contributed by atoms with Crippen LogP contribution in [0, 0.1) is 6.92 Å². The van der Waals surface area contributed by atoms with Crippen molar-refractivity contribution in [3.63, 3.8) is 0 Å². The van der Waals surface area contributed by atoms with Crippen LogP contribution in [0.4, 0.5) is 5.69 Å².